The van der Waals surface area contributed by atoms with Crippen molar-refractivity contribution >= 4 is 51.0 Å². The van der Waals surface area contributed by atoms with Crippen molar-refractivity contribution in [1.82, 2.24) is 14.5 Å². The molecule has 0 aliphatic rings. The number of halogens is 1. The summed E-state index contributed by atoms with van der Waals surface area (Å²) in [5, 5.41) is 4.54. The van der Waals surface area contributed by atoms with Gasteiger partial charge in [-0.3, -0.25) is 0 Å². The summed E-state index contributed by atoms with van der Waals surface area (Å²) in [4.78, 5) is 8.63. The van der Waals surface area contributed by atoms with Crippen LogP contribution in [0.25, 0.3) is 22.0 Å². The quantitative estimate of drug-likeness (QED) is 0.411. The fourth-order valence-corrected chi connectivity index (χ4v) is 3.49. The van der Waals surface area contributed by atoms with Crippen molar-refractivity contribution in [3.05, 3.63) is 66.1 Å². The van der Waals surface area contributed by atoms with E-state index in [1.54, 1.807) is 18.2 Å². The highest BCUT2D eigenvalue weighted by atomic mass is 35.5. The van der Waals surface area contributed by atoms with Gasteiger partial charge in [-0.25, -0.2) is 9.97 Å². The fraction of sp³-hybridized carbons (Fsp3) is 0.0476. The number of nitrogens with two attached hydrogens (primary N) is 1. The standard InChI is InChI=1S/C21H16ClN5O2/c1-27-8-7-15-20(27)21(25-11-24-15)26-12-5-6-18(14(22)9-12)28-16-3-2-4-17-13(16)10-19(23)29-17/h2-11H,23H2,1H3,(H,24,25,26). The first kappa shape index (κ1) is 17.4. The molecule has 7 nitrogen and oxygen atoms in total. The molecule has 5 rings (SSSR count). The molecule has 0 amide bonds. The molecule has 3 N–H and O–H groups in total. The highest BCUT2D eigenvalue weighted by molar-refractivity contribution is 6.32. The van der Waals surface area contributed by atoms with E-state index in [9.17, 15) is 0 Å². The van der Waals surface area contributed by atoms with Crippen LogP contribution in [0.15, 0.2) is 65.5 Å². The minimum atomic E-state index is 0.332. The van der Waals surface area contributed by atoms with Crippen LogP contribution in [0.1, 0.15) is 0 Å². The predicted molar refractivity (Wildman–Crippen MR) is 114 cm³/mol. The molecule has 8 heteroatoms. The molecule has 0 saturated heterocycles. The first-order valence-corrected chi connectivity index (χ1v) is 9.25. The van der Waals surface area contributed by atoms with Gasteiger partial charge < -0.3 is 24.8 Å². The van der Waals surface area contributed by atoms with Crippen molar-refractivity contribution < 1.29 is 9.15 Å². The molecule has 0 radical (unpaired) electrons. The van der Waals surface area contributed by atoms with E-state index < -0.39 is 0 Å². The van der Waals surface area contributed by atoms with Gasteiger partial charge >= 0.3 is 0 Å². The normalized spacial score (nSPS) is 11.2. The number of rotatable bonds is 4. The summed E-state index contributed by atoms with van der Waals surface area (Å²) in [5.41, 5.74) is 8.97. The van der Waals surface area contributed by atoms with Crippen LogP contribution in [0.2, 0.25) is 5.02 Å². The summed E-state index contributed by atoms with van der Waals surface area (Å²) in [5.74, 6) is 2.17. The average Bonchev–Trinajstić information content (AvgIpc) is 3.27. The molecule has 144 valence electrons. The van der Waals surface area contributed by atoms with E-state index in [4.69, 9.17) is 26.5 Å². The molecule has 0 atom stereocenters. The number of nitrogens with zero attached hydrogens (tertiary/aromatic N) is 3. The first-order valence-electron chi connectivity index (χ1n) is 8.87. The van der Waals surface area contributed by atoms with Gasteiger partial charge in [0.1, 0.15) is 28.9 Å². The lowest BCUT2D eigenvalue weighted by atomic mass is 10.2. The summed E-state index contributed by atoms with van der Waals surface area (Å²) in [6, 6.07) is 14.6. The molecule has 0 spiro atoms. The number of fused-ring (bicyclic) bond motifs is 2. The van der Waals surface area contributed by atoms with Gasteiger partial charge in [0.25, 0.3) is 0 Å². The van der Waals surface area contributed by atoms with Crippen LogP contribution in [0.5, 0.6) is 11.5 Å². The summed E-state index contributed by atoms with van der Waals surface area (Å²) >= 11 is 6.48. The number of aryl methyl sites for hydroxylation is 1. The Morgan fingerprint density at radius 1 is 1.10 bits per heavy atom. The number of benzene rings is 2. The van der Waals surface area contributed by atoms with Gasteiger partial charge in [-0.15, -0.1) is 0 Å². The van der Waals surface area contributed by atoms with E-state index in [0.717, 1.165) is 22.1 Å². The highest BCUT2D eigenvalue weighted by Gasteiger charge is 2.12. The summed E-state index contributed by atoms with van der Waals surface area (Å²) in [7, 11) is 1.95. The molecule has 0 aliphatic carbocycles. The molecular formula is C21H16ClN5O2. The van der Waals surface area contributed by atoms with Gasteiger partial charge in [-0.2, -0.15) is 0 Å². The molecule has 0 saturated carbocycles. The second-order valence-corrected chi connectivity index (χ2v) is 6.98. The first-order chi connectivity index (χ1) is 14.1. The van der Waals surface area contributed by atoms with Gasteiger partial charge in [-0.1, -0.05) is 17.7 Å². The Hall–Kier alpha value is -3.71. The van der Waals surface area contributed by atoms with Crippen LogP contribution in [0, 0.1) is 0 Å². The second kappa shape index (κ2) is 6.72. The zero-order chi connectivity index (χ0) is 20.0. The maximum atomic E-state index is 6.48. The van der Waals surface area contributed by atoms with Gasteiger partial charge in [-0.05, 0) is 36.4 Å². The SMILES string of the molecule is Cn1ccc2ncnc(Nc3ccc(Oc4cccc5oc(N)cc45)c(Cl)c3)c21. The molecule has 29 heavy (non-hydrogen) atoms. The number of nitrogen functional groups attached to an aromatic ring is 1. The third-order valence-electron chi connectivity index (χ3n) is 4.61. The lowest BCUT2D eigenvalue weighted by Gasteiger charge is -2.12. The van der Waals surface area contributed by atoms with Crippen molar-refractivity contribution in [3.63, 3.8) is 0 Å². The minimum Gasteiger partial charge on any atom is -0.455 e. The van der Waals surface area contributed by atoms with Crippen LogP contribution in [0.3, 0.4) is 0 Å². The van der Waals surface area contributed by atoms with E-state index in [-0.39, 0.29) is 0 Å². The smallest absolute Gasteiger partial charge is 0.191 e. The zero-order valence-corrected chi connectivity index (χ0v) is 16.1. The summed E-state index contributed by atoms with van der Waals surface area (Å²) in [6.07, 6.45) is 3.47. The van der Waals surface area contributed by atoms with Crippen LogP contribution in [-0.4, -0.2) is 14.5 Å². The lowest BCUT2D eigenvalue weighted by Crippen LogP contribution is -1.98. The van der Waals surface area contributed by atoms with Gasteiger partial charge in [0.2, 0.25) is 0 Å². The Kier molecular flexibility index (Phi) is 4.03. The Morgan fingerprint density at radius 3 is 2.86 bits per heavy atom. The fourth-order valence-electron chi connectivity index (χ4n) is 3.27. The highest BCUT2D eigenvalue weighted by Crippen LogP contribution is 2.37. The number of hydrogen-bond acceptors (Lipinski definition) is 6. The number of anilines is 3. The molecule has 3 heterocycles. The Bertz CT molecular complexity index is 1360. The average molecular weight is 406 g/mol. The van der Waals surface area contributed by atoms with E-state index in [0.29, 0.717) is 33.8 Å². The summed E-state index contributed by atoms with van der Waals surface area (Å²) in [6.45, 7) is 0. The molecular weight excluding hydrogens is 390 g/mol. The van der Waals surface area contributed by atoms with Crippen LogP contribution in [-0.2, 0) is 7.05 Å². The van der Waals surface area contributed by atoms with E-state index in [2.05, 4.69) is 15.3 Å². The molecule has 5 aromatic rings. The Labute approximate surface area is 170 Å². The number of hydrogen-bond donors (Lipinski definition) is 2. The molecule has 3 aromatic heterocycles. The van der Waals surface area contributed by atoms with Crippen molar-refractivity contribution in [1.29, 1.82) is 0 Å². The topological polar surface area (TPSA) is 91.1 Å². The molecule has 0 bridgehead atoms. The molecule has 0 unspecified atom stereocenters. The van der Waals surface area contributed by atoms with E-state index in [1.165, 1.54) is 6.33 Å². The second-order valence-electron chi connectivity index (χ2n) is 6.57. The van der Waals surface area contributed by atoms with Gasteiger partial charge in [0.05, 0.1) is 15.9 Å². The minimum absolute atomic E-state index is 0.332. The third kappa shape index (κ3) is 3.11. The predicted octanol–water partition coefficient (Wildman–Crippen LogP) is 5.49. The van der Waals surface area contributed by atoms with Crippen LogP contribution >= 0.6 is 11.6 Å². The largest absolute Gasteiger partial charge is 0.455 e. The van der Waals surface area contributed by atoms with Gasteiger partial charge in [0, 0.05) is 25.0 Å². The van der Waals surface area contributed by atoms with Crippen LogP contribution < -0.4 is 15.8 Å². The van der Waals surface area contributed by atoms with Crippen molar-refractivity contribution in [2.45, 2.75) is 0 Å². The van der Waals surface area contributed by atoms with Crippen molar-refractivity contribution in [3.8, 4) is 11.5 Å². The zero-order valence-electron chi connectivity index (χ0n) is 15.4. The Balaban J connectivity index is 1.45. The number of aromatic nitrogens is 3. The van der Waals surface area contributed by atoms with E-state index in [1.807, 2.05) is 48.1 Å². The van der Waals surface area contributed by atoms with E-state index >= 15 is 0 Å². The third-order valence-corrected chi connectivity index (χ3v) is 4.91. The molecule has 0 fully saturated rings. The maximum Gasteiger partial charge on any atom is 0.191 e. The molecule has 0 aliphatic heterocycles. The Morgan fingerprint density at radius 2 is 2.00 bits per heavy atom. The van der Waals surface area contributed by atoms with Crippen molar-refractivity contribution in [2.24, 2.45) is 7.05 Å². The van der Waals surface area contributed by atoms with Crippen LogP contribution in [0.4, 0.5) is 17.4 Å². The number of furan rings is 1. The van der Waals surface area contributed by atoms with Crippen molar-refractivity contribution in [2.75, 3.05) is 11.1 Å². The number of ether oxygens (including phenoxy) is 1. The van der Waals surface area contributed by atoms with Gasteiger partial charge in [0.15, 0.2) is 11.7 Å². The number of nitrogens with one attached hydrogen (secondary N) is 1. The molecule has 2 aromatic carbocycles. The summed E-state index contributed by atoms with van der Waals surface area (Å²) < 4.78 is 13.4. The monoisotopic (exact) mass is 405 g/mol. The maximum absolute atomic E-state index is 6.48. The lowest BCUT2D eigenvalue weighted by molar-refractivity contribution is 0.488.